The minimum Gasteiger partial charge on any atom is -0.481 e. The summed E-state index contributed by atoms with van der Waals surface area (Å²) in [6.07, 6.45) is 1.65. The number of rotatable bonds is 6. The second-order valence-electron chi connectivity index (χ2n) is 6.71. The van der Waals surface area contributed by atoms with Gasteiger partial charge in [0.25, 0.3) is 0 Å². The smallest absolute Gasteiger partial charge is 0.308 e. The van der Waals surface area contributed by atoms with E-state index in [4.69, 9.17) is 5.11 Å². The maximum Gasteiger partial charge on any atom is 0.308 e. The largest absolute Gasteiger partial charge is 0.481 e. The van der Waals surface area contributed by atoms with Crippen LogP contribution in [0.3, 0.4) is 0 Å². The van der Waals surface area contributed by atoms with Crippen molar-refractivity contribution in [3.8, 4) is 0 Å². The van der Waals surface area contributed by atoms with Crippen molar-refractivity contribution in [2.75, 3.05) is 13.1 Å². The second kappa shape index (κ2) is 7.60. The van der Waals surface area contributed by atoms with Gasteiger partial charge in [-0.05, 0) is 44.7 Å². The topological polar surface area (TPSA) is 74.7 Å². The highest BCUT2D eigenvalue weighted by Crippen LogP contribution is 2.21. The first-order chi connectivity index (χ1) is 11.3. The molecule has 0 saturated carbocycles. The summed E-state index contributed by atoms with van der Waals surface area (Å²) in [5.74, 6) is -1.27. The van der Waals surface area contributed by atoms with Crippen LogP contribution in [0.2, 0.25) is 0 Å². The molecule has 0 aromatic heterocycles. The van der Waals surface area contributed by atoms with Crippen molar-refractivity contribution in [3.63, 3.8) is 0 Å². The lowest BCUT2D eigenvalue weighted by molar-refractivity contribution is -0.141. The fourth-order valence-corrected chi connectivity index (χ4v) is 3.49. The second-order valence-corrected chi connectivity index (χ2v) is 6.71. The molecule has 1 unspecified atom stereocenters. The quantitative estimate of drug-likeness (QED) is 0.813. The van der Waals surface area contributed by atoms with E-state index in [1.165, 1.54) is 0 Å². The number of ketones is 1. The molecule has 5 heteroatoms. The van der Waals surface area contributed by atoms with E-state index in [-0.39, 0.29) is 18.2 Å². The van der Waals surface area contributed by atoms with Crippen LogP contribution >= 0.6 is 0 Å². The minimum absolute atomic E-state index is 0.0519. The fraction of sp³-hybridized carbons (Fsp3) is 0.526. The SMILES string of the molecule is Cc1cc(C)c(C(=O)CCCC(=O)N2CCC(C(=O)O)C2)c(C)c1. The molecule has 1 aromatic carbocycles. The van der Waals surface area contributed by atoms with Crippen LogP contribution in [0.4, 0.5) is 0 Å². The van der Waals surface area contributed by atoms with E-state index in [0.29, 0.717) is 32.2 Å². The van der Waals surface area contributed by atoms with Crippen LogP contribution in [0.25, 0.3) is 0 Å². The van der Waals surface area contributed by atoms with Gasteiger partial charge in [-0.15, -0.1) is 0 Å². The summed E-state index contributed by atoms with van der Waals surface area (Å²) in [6.45, 7) is 6.68. The number of benzene rings is 1. The van der Waals surface area contributed by atoms with Crippen LogP contribution in [0.5, 0.6) is 0 Å². The van der Waals surface area contributed by atoms with Crippen LogP contribution in [0.15, 0.2) is 12.1 Å². The van der Waals surface area contributed by atoms with Gasteiger partial charge >= 0.3 is 5.97 Å². The molecule has 1 atom stereocenters. The lowest BCUT2D eigenvalue weighted by atomic mass is 9.94. The molecule has 1 aromatic rings. The molecule has 0 spiro atoms. The number of likely N-dealkylation sites (tertiary alicyclic amines) is 1. The summed E-state index contributed by atoms with van der Waals surface area (Å²) >= 11 is 0. The Morgan fingerprint density at radius 1 is 1.12 bits per heavy atom. The third-order valence-corrected chi connectivity index (χ3v) is 4.64. The number of carboxylic acids is 1. The van der Waals surface area contributed by atoms with Gasteiger partial charge in [-0.3, -0.25) is 14.4 Å². The number of hydrogen-bond acceptors (Lipinski definition) is 3. The predicted octanol–water partition coefficient (Wildman–Crippen LogP) is 2.90. The molecule has 1 heterocycles. The zero-order valence-electron chi connectivity index (χ0n) is 14.6. The van der Waals surface area contributed by atoms with Gasteiger partial charge in [0.2, 0.25) is 5.91 Å². The van der Waals surface area contributed by atoms with Crippen molar-refractivity contribution in [2.24, 2.45) is 5.92 Å². The number of hydrogen-bond donors (Lipinski definition) is 1. The average molecular weight is 331 g/mol. The Bertz CT molecular complexity index is 642. The molecule has 1 aliphatic heterocycles. The Balaban J connectivity index is 1.85. The van der Waals surface area contributed by atoms with Crippen molar-refractivity contribution in [1.29, 1.82) is 0 Å². The zero-order valence-corrected chi connectivity index (χ0v) is 14.6. The molecular formula is C19H25NO4. The van der Waals surface area contributed by atoms with E-state index in [1.807, 2.05) is 32.9 Å². The van der Waals surface area contributed by atoms with Gasteiger partial charge in [-0.25, -0.2) is 0 Å². The molecule has 0 radical (unpaired) electrons. The molecule has 1 N–H and O–H groups in total. The monoisotopic (exact) mass is 331 g/mol. The maximum absolute atomic E-state index is 12.4. The van der Waals surface area contributed by atoms with Gasteiger partial charge in [0.1, 0.15) is 0 Å². The molecular weight excluding hydrogens is 306 g/mol. The summed E-state index contributed by atoms with van der Waals surface area (Å²) in [7, 11) is 0. The first kappa shape index (κ1) is 18.2. The molecule has 1 aliphatic rings. The van der Waals surface area contributed by atoms with Crippen LogP contribution < -0.4 is 0 Å². The van der Waals surface area contributed by atoms with Gasteiger partial charge in [-0.2, -0.15) is 0 Å². The van der Waals surface area contributed by atoms with Crippen LogP contribution in [0, 0.1) is 26.7 Å². The molecule has 5 nitrogen and oxygen atoms in total. The van der Waals surface area contributed by atoms with Gasteiger partial charge in [-0.1, -0.05) is 17.7 Å². The summed E-state index contributed by atoms with van der Waals surface area (Å²) in [5, 5.41) is 8.98. The molecule has 0 aliphatic carbocycles. The lowest BCUT2D eigenvalue weighted by Crippen LogP contribution is -2.29. The van der Waals surface area contributed by atoms with Crippen LogP contribution in [-0.4, -0.2) is 40.8 Å². The fourth-order valence-electron chi connectivity index (χ4n) is 3.49. The Kier molecular flexibility index (Phi) is 5.75. The van der Waals surface area contributed by atoms with E-state index in [0.717, 1.165) is 22.3 Å². The number of carboxylic acid groups (broad SMARTS) is 1. The van der Waals surface area contributed by atoms with Gasteiger partial charge in [0, 0.05) is 31.5 Å². The molecule has 2 rings (SSSR count). The lowest BCUT2D eigenvalue weighted by Gasteiger charge is -2.15. The Labute approximate surface area is 142 Å². The molecule has 1 saturated heterocycles. The number of nitrogens with zero attached hydrogens (tertiary/aromatic N) is 1. The maximum atomic E-state index is 12.4. The third kappa shape index (κ3) is 4.22. The van der Waals surface area contributed by atoms with Crippen molar-refractivity contribution in [1.82, 2.24) is 4.90 Å². The van der Waals surface area contributed by atoms with Gasteiger partial charge in [0.05, 0.1) is 5.92 Å². The Hall–Kier alpha value is -2.17. The first-order valence-corrected chi connectivity index (χ1v) is 8.41. The van der Waals surface area contributed by atoms with Gasteiger partial charge < -0.3 is 10.0 Å². The summed E-state index contributed by atoms with van der Waals surface area (Å²) in [6, 6.07) is 4.00. The van der Waals surface area contributed by atoms with E-state index in [9.17, 15) is 14.4 Å². The summed E-state index contributed by atoms with van der Waals surface area (Å²) in [5.41, 5.74) is 3.86. The molecule has 0 bridgehead atoms. The summed E-state index contributed by atoms with van der Waals surface area (Å²) < 4.78 is 0. The Morgan fingerprint density at radius 3 is 2.29 bits per heavy atom. The van der Waals surface area contributed by atoms with Crippen molar-refractivity contribution >= 4 is 17.7 Å². The highest BCUT2D eigenvalue weighted by atomic mass is 16.4. The number of carbonyl (C=O) groups excluding carboxylic acids is 2. The van der Waals surface area contributed by atoms with E-state index in [1.54, 1.807) is 4.90 Å². The van der Waals surface area contributed by atoms with Crippen LogP contribution in [0.1, 0.15) is 52.7 Å². The number of carbonyl (C=O) groups is 3. The number of Topliss-reactive ketones (excluding diaryl/α,β-unsaturated/α-hetero) is 1. The van der Waals surface area contributed by atoms with Crippen molar-refractivity contribution in [3.05, 3.63) is 34.4 Å². The van der Waals surface area contributed by atoms with E-state index in [2.05, 4.69) is 0 Å². The first-order valence-electron chi connectivity index (χ1n) is 8.41. The number of amides is 1. The molecule has 1 fully saturated rings. The molecule has 130 valence electrons. The van der Waals surface area contributed by atoms with E-state index >= 15 is 0 Å². The zero-order chi connectivity index (χ0) is 17.9. The van der Waals surface area contributed by atoms with Crippen LogP contribution in [-0.2, 0) is 9.59 Å². The standard InChI is InChI=1S/C19H25NO4/c1-12-9-13(2)18(14(3)10-12)16(21)5-4-6-17(22)20-8-7-15(11-20)19(23)24/h9-10,15H,4-8,11H2,1-3H3,(H,23,24). The Morgan fingerprint density at radius 2 is 1.75 bits per heavy atom. The minimum atomic E-state index is -0.842. The summed E-state index contributed by atoms with van der Waals surface area (Å²) in [4.78, 5) is 37.1. The average Bonchev–Trinajstić information content (AvgIpc) is 2.96. The van der Waals surface area contributed by atoms with Crippen molar-refractivity contribution in [2.45, 2.75) is 46.5 Å². The van der Waals surface area contributed by atoms with Gasteiger partial charge in [0.15, 0.2) is 5.78 Å². The third-order valence-electron chi connectivity index (χ3n) is 4.64. The highest BCUT2D eigenvalue weighted by molar-refractivity contribution is 5.99. The molecule has 1 amide bonds. The normalized spacial score (nSPS) is 17.1. The predicted molar refractivity (Wildman–Crippen MR) is 91.2 cm³/mol. The number of aryl methyl sites for hydroxylation is 3. The highest BCUT2D eigenvalue weighted by Gasteiger charge is 2.30. The van der Waals surface area contributed by atoms with E-state index < -0.39 is 11.9 Å². The van der Waals surface area contributed by atoms with Crippen molar-refractivity contribution < 1.29 is 19.5 Å². The molecule has 24 heavy (non-hydrogen) atoms. The number of aliphatic carboxylic acids is 1.